The number of nitrogens with one attached hydrogen (secondary N) is 2. The molecule has 132 valence electrons. The molecular formula is C17H24FN3O3. The Bertz CT molecular complexity index is 607. The number of hydrogen-bond acceptors (Lipinski definition) is 3. The van der Waals surface area contributed by atoms with Crippen molar-refractivity contribution in [2.45, 2.75) is 51.7 Å². The van der Waals surface area contributed by atoms with Gasteiger partial charge in [-0.1, -0.05) is 12.8 Å². The zero-order chi connectivity index (χ0) is 17.7. The predicted octanol–water partition coefficient (Wildman–Crippen LogP) is 2.78. The van der Waals surface area contributed by atoms with Crippen molar-refractivity contribution in [3.8, 4) is 5.75 Å². The third-order valence-electron chi connectivity index (χ3n) is 4.00. The number of urea groups is 1. The molecule has 1 aliphatic rings. The van der Waals surface area contributed by atoms with Crippen molar-refractivity contribution < 1.29 is 18.7 Å². The van der Waals surface area contributed by atoms with E-state index in [9.17, 15) is 14.0 Å². The van der Waals surface area contributed by atoms with Crippen molar-refractivity contribution in [2.24, 2.45) is 11.7 Å². The van der Waals surface area contributed by atoms with Crippen LogP contribution >= 0.6 is 0 Å². The number of carbonyl (C=O) groups excluding carboxylic acids is 2. The molecule has 2 atom stereocenters. The largest absolute Gasteiger partial charge is 0.489 e. The SMILES string of the molecule is CC(C)Oc1ccc(F)cc1NC(=O)N[C@@H]1CCCC[C@H]1C(N)=O. The molecule has 1 fully saturated rings. The van der Waals surface area contributed by atoms with Crippen LogP contribution in [0.3, 0.4) is 0 Å². The molecule has 4 N–H and O–H groups in total. The van der Waals surface area contributed by atoms with Gasteiger partial charge in [0.15, 0.2) is 0 Å². The van der Waals surface area contributed by atoms with Crippen LogP contribution in [0.2, 0.25) is 0 Å². The van der Waals surface area contributed by atoms with Crippen LogP contribution in [0.25, 0.3) is 0 Å². The number of rotatable bonds is 5. The molecule has 1 aliphatic carbocycles. The van der Waals surface area contributed by atoms with Crippen LogP contribution in [0, 0.1) is 11.7 Å². The van der Waals surface area contributed by atoms with Gasteiger partial charge >= 0.3 is 6.03 Å². The zero-order valence-electron chi connectivity index (χ0n) is 14.0. The Morgan fingerprint density at radius 2 is 2.00 bits per heavy atom. The van der Waals surface area contributed by atoms with Crippen molar-refractivity contribution >= 4 is 17.6 Å². The van der Waals surface area contributed by atoms with Gasteiger partial charge in [-0.3, -0.25) is 4.79 Å². The molecule has 0 spiro atoms. The van der Waals surface area contributed by atoms with E-state index in [-0.39, 0.29) is 23.8 Å². The summed E-state index contributed by atoms with van der Waals surface area (Å²) < 4.78 is 19.0. The maximum absolute atomic E-state index is 13.5. The van der Waals surface area contributed by atoms with Crippen LogP contribution in [0.1, 0.15) is 39.5 Å². The molecule has 0 radical (unpaired) electrons. The number of hydrogen-bond donors (Lipinski definition) is 3. The molecule has 0 aromatic heterocycles. The Balaban J connectivity index is 2.06. The summed E-state index contributed by atoms with van der Waals surface area (Å²) in [4.78, 5) is 23.8. The van der Waals surface area contributed by atoms with Gasteiger partial charge in [-0.2, -0.15) is 0 Å². The van der Waals surface area contributed by atoms with Gasteiger partial charge in [-0.05, 0) is 38.8 Å². The molecule has 0 heterocycles. The first-order chi connectivity index (χ1) is 11.4. The molecule has 0 saturated heterocycles. The van der Waals surface area contributed by atoms with Crippen molar-refractivity contribution in [1.29, 1.82) is 0 Å². The average molecular weight is 337 g/mol. The smallest absolute Gasteiger partial charge is 0.319 e. The first kappa shape index (κ1) is 18.0. The highest BCUT2D eigenvalue weighted by molar-refractivity contribution is 5.91. The number of anilines is 1. The van der Waals surface area contributed by atoms with E-state index >= 15 is 0 Å². The van der Waals surface area contributed by atoms with Crippen molar-refractivity contribution in [2.75, 3.05) is 5.32 Å². The zero-order valence-corrected chi connectivity index (χ0v) is 14.0. The van der Waals surface area contributed by atoms with Crippen molar-refractivity contribution in [1.82, 2.24) is 5.32 Å². The second kappa shape index (κ2) is 7.99. The Labute approximate surface area is 140 Å². The number of nitrogens with two attached hydrogens (primary N) is 1. The summed E-state index contributed by atoms with van der Waals surface area (Å²) in [6.45, 7) is 3.68. The van der Waals surface area contributed by atoms with Crippen LogP contribution in [-0.2, 0) is 4.79 Å². The molecule has 2 rings (SSSR count). The summed E-state index contributed by atoms with van der Waals surface area (Å²) in [6, 6.07) is 3.12. The van der Waals surface area contributed by atoms with Gasteiger partial charge in [-0.15, -0.1) is 0 Å². The number of primary amides is 1. The summed E-state index contributed by atoms with van der Waals surface area (Å²) in [5.74, 6) is -0.872. The standard InChI is InChI=1S/C17H24FN3O3/c1-10(2)24-15-8-7-11(18)9-14(15)21-17(23)20-13-6-4-3-5-12(13)16(19)22/h7-10,12-13H,3-6H2,1-2H3,(H2,19,22)(H2,20,21,23)/t12-,13-/m1/s1. The van der Waals surface area contributed by atoms with E-state index in [1.165, 1.54) is 18.2 Å². The third-order valence-corrected chi connectivity index (χ3v) is 4.00. The van der Waals surface area contributed by atoms with Crippen LogP contribution in [0.4, 0.5) is 14.9 Å². The highest BCUT2D eigenvalue weighted by Crippen LogP contribution is 2.27. The molecule has 1 aromatic carbocycles. The highest BCUT2D eigenvalue weighted by Gasteiger charge is 2.30. The number of benzene rings is 1. The molecule has 1 saturated carbocycles. The summed E-state index contributed by atoms with van der Waals surface area (Å²) in [7, 11) is 0. The first-order valence-corrected chi connectivity index (χ1v) is 8.20. The quantitative estimate of drug-likeness (QED) is 0.771. The monoisotopic (exact) mass is 337 g/mol. The lowest BCUT2D eigenvalue weighted by atomic mass is 9.84. The van der Waals surface area contributed by atoms with Crippen LogP contribution in [0.5, 0.6) is 5.75 Å². The van der Waals surface area contributed by atoms with Crippen LogP contribution in [-0.4, -0.2) is 24.1 Å². The number of carbonyl (C=O) groups is 2. The van der Waals surface area contributed by atoms with Gasteiger partial charge in [0.1, 0.15) is 11.6 Å². The molecule has 24 heavy (non-hydrogen) atoms. The van der Waals surface area contributed by atoms with Gasteiger partial charge in [0, 0.05) is 12.1 Å². The fourth-order valence-corrected chi connectivity index (χ4v) is 2.93. The molecule has 7 heteroatoms. The summed E-state index contributed by atoms with van der Waals surface area (Å²) >= 11 is 0. The number of amides is 3. The van der Waals surface area contributed by atoms with E-state index in [1.54, 1.807) is 0 Å². The van der Waals surface area contributed by atoms with E-state index in [2.05, 4.69) is 10.6 Å². The minimum absolute atomic E-state index is 0.114. The third kappa shape index (κ3) is 4.84. The van der Waals surface area contributed by atoms with E-state index in [1.807, 2.05) is 13.8 Å². The molecule has 0 unspecified atom stereocenters. The Morgan fingerprint density at radius 3 is 2.67 bits per heavy atom. The van der Waals surface area contributed by atoms with Gasteiger partial charge in [0.25, 0.3) is 0 Å². The van der Waals surface area contributed by atoms with Gasteiger partial charge in [0.2, 0.25) is 5.91 Å². The molecule has 6 nitrogen and oxygen atoms in total. The van der Waals surface area contributed by atoms with E-state index in [0.717, 1.165) is 12.8 Å². The van der Waals surface area contributed by atoms with Crippen molar-refractivity contribution in [3.63, 3.8) is 0 Å². The van der Waals surface area contributed by atoms with E-state index in [0.29, 0.717) is 18.6 Å². The molecule has 3 amide bonds. The van der Waals surface area contributed by atoms with E-state index < -0.39 is 17.8 Å². The second-order valence-corrected chi connectivity index (χ2v) is 6.31. The summed E-state index contributed by atoms with van der Waals surface area (Å²) in [5, 5.41) is 5.37. The second-order valence-electron chi connectivity index (χ2n) is 6.31. The normalized spacial score (nSPS) is 20.5. The highest BCUT2D eigenvalue weighted by atomic mass is 19.1. The number of halogens is 1. The summed E-state index contributed by atoms with van der Waals surface area (Å²) in [5.41, 5.74) is 5.65. The minimum atomic E-state index is -0.507. The molecule has 1 aromatic rings. The Morgan fingerprint density at radius 1 is 1.29 bits per heavy atom. The van der Waals surface area contributed by atoms with Gasteiger partial charge in [0.05, 0.1) is 17.7 Å². The van der Waals surface area contributed by atoms with E-state index in [4.69, 9.17) is 10.5 Å². The maximum atomic E-state index is 13.5. The minimum Gasteiger partial charge on any atom is -0.489 e. The fraction of sp³-hybridized carbons (Fsp3) is 0.529. The molecule has 0 bridgehead atoms. The van der Waals surface area contributed by atoms with Crippen molar-refractivity contribution in [3.05, 3.63) is 24.0 Å². The lowest BCUT2D eigenvalue weighted by molar-refractivity contribution is -0.123. The molecule has 0 aliphatic heterocycles. The average Bonchev–Trinajstić information content (AvgIpc) is 2.50. The Hall–Kier alpha value is -2.31. The summed E-state index contributed by atoms with van der Waals surface area (Å²) in [6.07, 6.45) is 3.10. The topological polar surface area (TPSA) is 93.4 Å². The fourth-order valence-electron chi connectivity index (χ4n) is 2.93. The number of ether oxygens (including phenoxy) is 1. The lowest BCUT2D eigenvalue weighted by Crippen LogP contribution is -2.48. The van der Waals surface area contributed by atoms with Gasteiger partial charge < -0.3 is 21.1 Å². The van der Waals surface area contributed by atoms with Crippen LogP contribution < -0.4 is 21.1 Å². The van der Waals surface area contributed by atoms with Crippen LogP contribution in [0.15, 0.2) is 18.2 Å². The lowest BCUT2D eigenvalue weighted by Gasteiger charge is -2.30. The predicted molar refractivity (Wildman–Crippen MR) is 89.3 cm³/mol. The Kier molecular flexibility index (Phi) is 6.00. The molecular weight excluding hydrogens is 313 g/mol. The first-order valence-electron chi connectivity index (χ1n) is 8.20. The van der Waals surface area contributed by atoms with Gasteiger partial charge in [-0.25, -0.2) is 9.18 Å². The maximum Gasteiger partial charge on any atom is 0.319 e.